The Morgan fingerprint density at radius 3 is 2.86 bits per heavy atom. The monoisotopic (exact) mass is 288 g/mol. The van der Waals surface area contributed by atoms with Crippen LogP contribution in [-0.4, -0.2) is 27.9 Å². The molecule has 2 heterocycles. The number of rotatable bonds is 0. The molecule has 108 valence electrons. The lowest BCUT2D eigenvalue weighted by Crippen LogP contribution is -2.45. The lowest BCUT2D eigenvalue weighted by molar-refractivity contribution is -0.149. The van der Waals surface area contributed by atoms with Gasteiger partial charge in [-0.1, -0.05) is 6.07 Å². The molecule has 1 aliphatic carbocycles. The highest BCUT2D eigenvalue weighted by molar-refractivity contribution is 5.88. The molecule has 2 N–H and O–H groups in total. The first-order valence-corrected chi connectivity index (χ1v) is 6.61. The van der Waals surface area contributed by atoms with Crippen LogP contribution in [0.1, 0.15) is 24.2 Å². The Labute approximate surface area is 118 Å². The number of phenols is 1. The van der Waals surface area contributed by atoms with Crippen LogP contribution in [0.5, 0.6) is 5.75 Å². The van der Waals surface area contributed by atoms with E-state index in [9.17, 15) is 19.8 Å². The fourth-order valence-electron chi connectivity index (χ4n) is 3.30. The number of benzene rings is 1. The fraction of sp³-hybridized carbons (Fsp3) is 0.333. The van der Waals surface area contributed by atoms with Crippen LogP contribution in [0.2, 0.25) is 0 Å². The van der Waals surface area contributed by atoms with Crippen molar-refractivity contribution in [2.75, 3.05) is 0 Å². The van der Waals surface area contributed by atoms with Gasteiger partial charge in [-0.25, -0.2) is 0 Å². The van der Waals surface area contributed by atoms with Crippen LogP contribution >= 0.6 is 0 Å². The van der Waals surface area contributed by atoms with Crippen molar-refractivity contribution in [3.05, 3.63) is 39.7 Å². The second kappa shape index (κ2) is 3.65. The molecule has 1 saturated heterocycles. The van der Waals surface area contributed by atoms with Gasteiger partial charge < -0.3 is 19.4 Å². The summed E-state index contributed by atoms with van der Waals surface area (Å²) in [5.74, 6) is -1.56. The smallest absolute Gasteiger partial charge is 0.317 e. The van der Waals surface area contributed by atoms with Crippen molar-refractivity contribution in [3.8, 4) is 5.75 Å². The first-order valence-electron chi connectivity index (χ1n) is 6.61. The van der Waals surface area contributed by atoms with E-state index < -0.39 is 29.0 Å². The van der Waals surface area contributed by atoms with Crippen LogP contribution < -0.4 is 5.43 Å². The van der Waals surface area contributed by atoms with E-state index >= 15 is 0 Å². The van der Waals surface area contributed by atoms with Gasteiger partial charge in [0, 0.05) is 6.42 Å². The first kappa shape index (κ1) is 12.4. The molecular formula is C15H12O6. The highest BCUT2D eigenvalue weighted by atomic mass is 16.6. The molecule has 21 heavy (non-hydrogen) atoms. The summed E-state index contributed by atoms with van der Waals surface area (Å²) in [6.45, 7) is 1.62. The number of carbonyl (C=O) groups excluding carboxylic acids is 1. The number of carbonyl (C=O) groups is 1. The number of aromatic hydroxyl groups is 1. The molecular weight excluding hydrogens is 276 g/mol. The van der Waals surface area contributed by atoms with Crippen LogP contribution in [0.3, 0.4) is 0 Å². The maximum atomic E-state index is 12.6. The fourth-order valence-corrected chi connectivity index (χ4v) is 3.30. The number of aliphatic hydroxyl groups is 1. The average molecular weight is 288 g/mol. The van der Waals surface area contributed by atoms with Crippen molar-refractivity contribution in [3.63, 3.8) is 0 Å². The first-order chi connectivity index (χ1) is 9.92. The van der Waals surface area contributed by atoms with Crippen molar-refractivity contribution in [2.24, 2.45) is 0 Å². The minimum atomic E-state index is -1.09. The van der Waals surface area contributed by atoms with E-state index in [1.165, 1.54) is 6.07 Å². The van der Waals surface area contributed by atoms with Gasteiger partial charge in [0.05, 0.1) is 5.56 Å². The molecule has 1 aromatic heterocycles. The SMILES string of the molecule is C[C@@]12Cc3oc4cccc(O)c4c(=O)c3[C@@H](C(=O)O1)[C@H]2O. The minimum Gasteiger partial charge on any atom is -0.507 e. The zero-order chi connectivity index (χ0) is 14.9. The molecule has 1 aliphatic heterocycles. The molecule has 0 radical (unpaired) electrons. The Kier molecular flexibility index (Phi) is 2.15. The molecule has 0 unspecified atom stereocenters. The van der Waals surface area contributed by atoms with Crippen molar-refractivity contribution < 1.29 is 24.2 Å². The lowest BCUT2D eigenvalue weighted by atomic mass is 9.77. The predicted octanol–water partition coefficient (Wildman–Crippen LogP) is 0.815. The number of phenolic OH excluding ortho intramolecular Hbond substituents is 1. The van der Waals surface area contributed by atoms with E-state index in [0.29, 0.717) is 5.76 Å². The Hall–Kier alpha value is -2.34. The third kappa shape index (κ3) is 1.40. The number of esters is 1. The third-order valence-electron chi connectivity index (χ3n) is 4.36. The van der Waals surface area contributed by atoms with Gasteiger partial charge in [-0.05, 0) is 19.1 Å². The summed E-state index contributed by atoms with van der Waals surface area (Å²) in [5.41, 5.74) is -1.22. The summed E-state index contributed by atoms with van der Waals surface area (Å²) in [6.07, 6.45) is -0.962. The zero-order valence-corrected chi connectivity index (χ0v) is 11.1. The zero-order valence-electron chi connectivity index (χ0n) is 11.1. The Morgan fingerprint density at radius 1 is 1.33 bits per heavy atom. The molecule has 3 atom stereocenters. The summed E-state index contributed by atoms with van der Waals surface area (Å²) < 4.78 is 10.9. The quantitative estimate of drug-likeness (QED) is 0.696. The molecule has 0 amide bonds. The van der Waals surface area contributed by atoms with Crippen molar-refractivity contribution in [2.45, 2.75) is 31.0 Å². The van der Waals surface area contributed by atoms with Crippen LogP contribution in [0.25, 0.3) is 11.0 Å². The lowest BCUT2D eigenvalue weighted by Gasteiger charge is -2.31. The van der Waals surface area contributed by atoms with Gasteiger partial charge in [-0.15, -0.1) is 0 Å². The second-order valence-corrected chi connectivity index (χ2v) is 5.75. The predicted molar refractivity (Wildman–Crippen MR) is 71.1 cm³/mol. The van der Waals surface area contributed by atoms with Crippen molar-refractivity contribution in [1.29, 1.82) is 0 Å². The molecule has 4 rings (SSSR count). The topological polar surface area (TPSA) is 97.0 Å². The van der Waals surface area contributed by atoms with E-state index in [2.05, 4.69) is 0 Å². The van der Waals surface area contributed by atoms with E-state index in [-0.39, 0.29) is 28.7 Å². The Bertz CT molecular complexity index is 851. The van der Waals surface area contributed by atoms with Gasteiger partial charge in [-0.3, -0.25) is 9.59 Å². The summed E-state index contributed by atoms with van der Waals surface area (Å²) >= 11 is 0. The van der Waals surface area contributed by atoms with Gasteiger partial charge in [0.1, 0.15) is 40.1 Å². The maximum Gasteiger partial charge on any atom is 0.317 e. The van der Waals surface area contributed by atoms with Crippen molar-refractivity contribution in [1.82, 2.24) is 0 Å². The summed E-state index contributed by atoms with van der Waals surface area (Å²) in [4.78, 5) is 24.6. The number of hydrogen-bond acceptors (Lipinski definition) is 6. The molecule has 2 aliphatic rings. The summed E-state index contributed by atoms with van der Waals surface area (Å²) in [6, 6.07) is 4.53. The average Bonchev–Trinajstić information content (AvgIpc) is 2.54. The van der Waals surface area contributed by atoms with Gasteiger partial charge in [0.2, 0.25) is 5.43 Å². The van der Waals surface area contributed by atoms with Crippen LogP contribution in [0, 0.1) is 0 Å². The van der Waals surface area contributed by atoms with Gasteiger partial charge in [0.15, 0.2) is 0 Å². The Morgan fingerprint density at radius 2 is 2.10 bits per heavy atom. The summed E-state index contributed by atoms with van der Waals surface area (Å²) in [7, 11) is 0. The third-order valence-corrected chi connectivity index (χ3v) is 4.36. The molecule has 6 heteroatoms. The van der Waals surface area contributed by atoms with Crippen LogP contribution in [0.15, 0.2) is 27.4 Å². The maximum absolute atomic E-state index is 12.6. The van der Waals surface area contributed by atoms with Crippen molar-refractivity contribution >= 4 is 16.9 Å². The van der Waals surface area contributed by atoms with Gasteiger partial charge in [-0.2, -0.15) is 0 Å². The number of aliphatic hydroxyl groups excluding tert-OH is 1. The molecule has 0 saturated carbocycles. The van der Waals surface area contributed by atoms with E-state index in [4.69, 9.17) is 9.15 Å². The highest BCUT2D eigenvalue weighted by Crippen LogP contribution is 2.45. The molecule has 0 spiro atoms. The molecule has 2 aromatic rings. The number of ether oxygens (including phenoxy) is 1. The molecule has 1 aromatic carbocycles. The van der Waals surface area contributed by atoms with E-state index in [1.54, 1.807) is 19.1 Å². The number of fused-ring (bicyclic) bond motifs is 5. The number of hydrogen-bond donors (Lipinski definition) is 2. The largest absolute Gasteiger partial charge is 0.507 e. The highest BCUT2D eigenvalue weighted by Gasteiger charge is 2.58. The molecule has 2 bridgehead atoms. The van der Waals surface area contributed by atoms with Crippen LogP contribution in [0.4, 0.5) is 0 Å². The van der Waals surface area contributed by atoms with E-state index in [0.717, 1.165) is 0 Å². The molecule has 6 nitrogen and oxygen atoms in total. The van der Waals surface area contributed by atoms with Gasteiger partial charge >= 0.3 is 5.97 Å². The minimum absolute atomic E-state index is 0.0201. The molecule has 1 fully saturated rings. The second-order valence-electron chi connectivity index (χ2n) is 5.75. The van der Waals surface area contributed by atoms with E-state index in [1.807, 2.05) is 0 Å². The normalized spacial score (nSPS) is 30.3. The summed E-state index contributed by atoms with van der Waals surface area (Å²) in [5, 5.41) is 20.1. The Balaban J connectivity index is 2.12. The standard InChI is InChI=1S/C15H12O6/c1-15-5-8-10(11(13(15)18)14(19)21-15)12(17)9-6(16)3-2-4-7(9)20-8/h2-4,11,13,16,18H,5H2,1H3/t11-,13-,15+/m1/s1. The van der Waals surface area contributed by atoms with Gasteiger partial charge in [0.25, 0.3) is 0 Å². The van der Waals surface area contributed by atoms with Crippen LogP contribution in [-0.2, 0) is 16.0 Å².